The van der Waals surface area contributed by atoms with E-state index in [1.54, 1.807) is 0 Å². The molecule has 0 saturated heterocycles. The van der Waals surface area contributed by atoms with Crippen molar-refractivity contribution < 1.29 is 80.2 Å². The van der Waals surface area contributed by atoms with Gasteiger partial charge in [-0.15, -0.1) is 0 Å². The van der Waals surface area contributed by atoms with E-state index < -0.39 is 97.5 Å². The minimum absolute atomic E-state index is 0.0963. The minimum atomic E-state index is -4.96. The fourth-order valence-corrected chi connectivity index (χ4v) is 12.8. The number of hydrogen-bond donors (Lipinski definition) is 3. The zero-order valence-electron chi connectivity index (χ0n) is 62.3. The summed E-state index contributed by atoms with van der Waals surface area (Å²) in [6, 6.07) is 0. The van der Waals surface area contributed by atoms with Gasteiger partial charge in [-0.2, -0.15) is 0 Å². The van der Waals surface area contributed by atoms with Crippen molar-refractivity contribution in [2.24, 2.45) is 17.8 Å². The highest BCUT2D eigenvalue weighted by atomic mass is 31.2. The Kier molecular flexibility index (Phi) is 65.3. The topological polar surface area (TPSA) is 237 Å². The van der Waals surface area contributed by atoms with Gasteiger partial charge in [0, 0.05) is 25.7 Å². The molecular formula is C77H146O17P2. The van der Waals surface area contributed by atoms with Crippen molar-refractivity contribution in [3.63, 3.8) is 0 Å². The van der Waals surface area contributed by atoms with Crippen LogP contribution >= 0.6 is 15.6 Å². The molecule has 0 aliphatic rings. The lowest BCUT2D eigenvalue weighted by Crippen LogP contribution is -2.30. The number of carbonyl (C=O) groups excluding carboxylic acids is 4. The molecule has 96 heavy (non-hydrogen) atoms. The third-order valence-electron chi connectivity index (χ3n) is 17.6. The molecule has 3 N–H and O–H groups in total. The molecule has 3 unspecified atom stereocenters. The van der Waals surface area contributed by atoms with Gasteiger partial charge < -0.3 is 33.8 Å². The molecule has 17 nitrogen and oxygen atoms in total. The van der Waals surface area contributed by atoms with E-state index >= 15 is 0 Å². The molecule has 19 heteroatoms. The zero-order valence-corrected chi connectivity index (χ0v) is 64.1. The van der Waals surface area contributed by atoms with Crippen LogP contribution in [0.15, 0.2) is 24.3 Å². The van der Waals surface area contributed by atoms with Crippen molar-refractivity contribution in [2.75, 3.05) is 39.6 Å². The summed E-state index contributed by atoms with van der Waals surface area (Å²) in [5.41, 5.74) is 0. The lowest BCUT2D eigenvalue weighted by molar-refractivity contribution is -0.161. The molecule has 0 saturated carbocycles. The van der Waals surface area contributed by atoms with Crippen LogP contribution in [0.1, 0.15) is 370 Å². The molecule has 0 fully saturated rings. The molecule has 0 amide bonds. The fourth-order valence-electron chi connectivity index (χ4n) is 11.2. The summed E-state index contributed by atoms with van der Waals surface area (Å²) >= 11 is 0. The summed E-state index contributed by atoms with van der Waals surface area (Å²) in [5, 5.41) is 10.6. The van der Waals surface area contributed by atoms with Gasteiger partial charge in [-0.3, -0.25) is 37.3 Å². The molecular weight excluding hydrogens is 1260 g/mol. The van der Waals surface area contributed by atoms with Crippen LogP contribution < -0.4 is 0 Å². The molecule has 566 valence electrons. The third kappa shape index (κ3) is 68.7. The zero-order chi connectivity index (χ0) is 70.9. The maximum absolute atomic E-state index is 13.1. The van der Waals surface area contributed by atoms with Crippen LogP contribution in [0.5, 0.6) is 0 Å². The molecule has 0 rings (SSSR count). The molecule has 6 atom stereocenters. The first-order valence-corrected chi connectivity index (χ1v) is 42.2. The van der Waals surface area contributed by atoms with Crippen molar-refractivity contribution in [3.05, 3.63) is 24.3 Å². The first-order valence-electron chi connectivity index (χ1n) is 39.2. The van der Waals surface area contributed by atoms with Crippen molar-refractivity contribution >= 4 is 39.5 Å². The molecule has 0 radical (unpaired) electrons. The van der Waals surface area contributed by atoms with E-state index in [0.29, 0.717) is 31.6 Å². The highest BCUT2D eigenvalue weighted by molar-refractivity contribution is 7.47. The smallest absolute Gasteiger partial charge is 0.462 e. The summed E-state index contributed by atoms with van der Waals surface area (Å²) in [5.74, 6) is 0.0886. The number of rotatable bonds is 73. The monoisotopic (exact) mass is 1410 g/mol. The number of esters is 4. The Bertz CT molecular complexity index is 1970. The number of phosphoric ester groups is 2. The summed E-state index contributed by atoms with van der Waals surface area (Å²) in [6.45, 7) is 11.8. The Labute approximate surface area is 586 Å². The number of phosphoric acid groups is 2. The maximum atomic E-state index is 13.1. The number of aliphatic hydroxyl groups excluding tert-OH is 1. The van der Waals surface area contributed by atoms with Crippen molar-refractivity contribution in [3.8, 4) is 0 Å². The molecule has 0 spiro atoms. The predicted octanol–water partition coefficient (Wildman–Crippen LogP) is 22.1. The minimum Gasteiger partial charge on any atom is -0.462 e. The standard InChI is InChI=1S/C77H146O17P2/c1-8-10-11-12-13-14-15-16-21-25-28-31-36-44-51-58-74(79)87-64-72(94-77(82)61-54-47-38-33-35-42-49-56-69(5)6)66-91-95(83,84)89-62-71(78)63-90-96(85,86)92-67-73(65-88-75(80)59-52-45-40-39-43-50-57-70(7)9-2)93-76(81)60-53-46-37-32-29-26-23-20-18-17-19-22-24-27-30-34-41-48-55-68(3)4/h14-16,21,68-73,78H,8-13,17-20,22-67H2,1-7H3,(H,83,84)(H,85,86)/b15-14-,21-16-/t70?,71-,72-,73-/m1/s1. The molecule has 0 aliphatic heterocycles. The van der Waals surface area contributed by atoms with Gasteiger partial charge in [-0.1, -0.05) is 317 Å². The van der Waals surface area contributed by atoms with Gasteiger partial charge in [0.1, 0.15) is 19.3 Å². The van der Waals surface area contributed by atoms with E-state index in [2.05, 4.69) is 72.8 Å². The number of carbonyl (C=O) groups is 4. The Balaban J connectivity index is 5.20. The number of allylic oxidation sites excluding steroid dienone is 4. The average molecular weight is 1410 g/mol. The third-order valence-corrected chi connectivity index (χ3v) is 19.5. The van der Waals surface area contributed by atoms with Crippen molar-refractivity contribution in [2.45, 2.75) is 388 Å². The summed E-state index contributed by atoms with van der Waals surface area (Å²) in [6.07, 6.45) is 56.6. The first kappa shape index (κ1) is 93.5. The van der Waals surface area contributed by atoms with Crippen LogP contribution in [0, 0.1) is 17.8 Å². The maximum Gasteiger partial charge on any atom is 0.472 e. The Hall–Kier alpha value is -2.46. The van der Waals surface area contributed by atoms with Crippen LogP contribution in [0.25, 0.3) is 0 Å². The molecule has 0 heterocycles. The second-order valence-electron chi connectivity index (χ2n) is 28.3. The van der Waals surface area contributed by atoms with Crippen LogP contribution in [-0.2, 0) is 65.4 Å². The summed E-state index contributed by atoms with van der Waals surface area (Å²) in [4.78, 5) is 72.7. The van der Waals surface area contributed by atoms with Gasteiger partial charge >= 0.3 is 39.5 Å². The second kappa shape index (κ2) is 67.1. The summed E-state index contributed by atoms with van der Waals surface area (Å²) < 4.78 is 68.4. The quantitative estimate of drug-likeness (QED) is 0.0169. The van der Waals surface area contributed by atoms with E-state index in [0.717, 1.165) is 127 Å². The Morgan fingerprint density at radius 2 is 0.615 bits per heavy atom. The largest absolute Gasteiger partial charge is 0.472 e. The van der Waals surface area contributed by atoms with E-state index in [1.807, 2.05) is 0 Å². The summed E-state index contributed by atoms with van der Waals surface area (Å²) in [7, 11) is -9.92. The second-order valence-corrected chi connectivity index (χ2v) is 31.2. The predicted molar refractivity (Wildman–Crippen MR) is 390 cm³/mol. The van der Waals surface area contributed by atoms with Gasteiger partial charge in [0.25, 0.3) is 0 Å². The van der Waals surface area contributed by atoms with E-state index in [-0.39, 0.29) is 25.7 Å². The van der Waals surface area contributed by atoms with Crippen LogP contribution in [0.4, 0.5) is 0 Å². The highest BCUT2D eigenvalue weighted by Gasteiger charge is 2.30. The number of hydrogen-bond acceptors (Lipinski definition) is 15. The van der Waals surface area contributed by atoms with Gasteiger partial charge in [0.2, 0.25) is 0 Å². The molecule has 0 aromatic heterocycles. The fraction of sp³-hybridized carbons (Fsp3) is 0.896. The van der Waals surface area contributed by atoms with Crippen molar-refractivity contribution in [1.82, 2.24) is 0 Å². The number of ether oxygens (including phenoxy) is 4. The lowest BCUT2D eigenvalue weighted by atomic mass is 10.00. The molecule has 0 aromatic carbocycles. The Morgan fingerprint density at radius 1 is 0.344 bits per heavy atom. The normalized spacial score (nSPS) is 14.5. The highest BCUT2D eigenvalue weighted by Crippen LogP contribution is 2.45. The van der Waals surface area contributed by atoms with E-state index in [4.69, 9.17) is 37.0 Å². The number of aliphatic hydroxyl groups is 1. The van der Waals surface area contributed by atoms with Crippen molar-refractivity contribution in [1.29, 1.82) is 0 Å². The van der Waals surface area contributed by atoms with Gasteiger partial charge in [-0.25, -0.2) is 9.13 Å². The average Bonchev–Trinajstić information content (AvgIpc) is 1.58. The molecule has 0 bridgehead atoms. The van der Waals surface area contributed by atoms with Gasteiger partial charge in [0.15, 0.2) is 12.2 Å². The SMILES string of the molecule is CCCCCC/C=C\C=C/CCCCCCCC(=O)OC[C@H](COP(=O)(O)OC[C@@H](O)COP(=O)(O)OC[C@@H](COC(=O)CCCCCCCCC(C)CC)OC(=O)CCCCCCCCCCCCCCCCCCCCC(C)C)OC(=O)CCCCCCCCCC(C)C. The van der Waals surface area contributed by atoms with Crippen LogP contribution in [0.2, 0.25) is 0 Å². The van der Waals surface area contributed by atoms with E-state index in [1.165, 1.54) is 154 Å². The number of unbranched alkanes of at least 4 members (excludes halogenated alkanes) is 37. The van der Waals surface area contributed by atoms with Crippen LogP contribution in [0.3, 0.4) is 0 Å². The first-order chi connectivity index (χ1) is 46.3. The van der Waals surface area contributed by atoms with Crippen LogP contribution in [-0.4, -0.2) is 96.7 Å². The van der Waals surface area contributed by atoms with E-state index in [9.17, 15) is 43.2 Å². The van der Waals surface area contributed by atoms with Gasteiger partial charge in [-0.05, 0) is 69.1 Å². The molecule has 0 aliphatic carbocycles. The Morgan fingerprint density at radius 3 is 0.927 bits per heavy atom. The lowest BCUT2D eigenvalue weighted by Gasteiger charge is -2.21. The van der Waals surface area contributed by atoms with Gasteiger partial charge in [0.05, 0.1) is 26.4 Å². The molecule has 0 aromatic rings.